The summed E-state index contributed by atoms with van der Waals surface area (Å²) in [6, 6.07) is 3.68. The SMILES string of the molecule is CC1(O)CCN(S(=O)(=O)c2ccc(Br)c(F)c2)C1. The van der Waals surface area contributed by atoms with E-state index in [4.69, 9.17) is 0 Å². The van der Waals surface area contributed by atoms with Gasteiger partial charge in [-0.2, -0.15) is 4.31 Å². The van der Waals surface area contributed by atoms with Gasteiger partial charge in [-0.05, 0) is 47.5 Å². The fraction of sp³-hybridized carbons (Fsp3) is 0.455. The van der Waals surface area contributed by atoms with Gasteiger partial charge in [-0.1, -0.05) is 0 Å². The highest BCUT2D eigenvalue weighted by Crippen LogP contribution is 2.28. The normalized spacial score (nSPS) is 25.6. The monoisotopic (exact) mass is 337 g/mol. The van der Waals surface area contributed by atoms with Crippen LogP contribution in [0.1, 0.15) is 13.3 Å². The van der Waals surface area contributed by atoms with Crippen molar-refractivity contribution < 1.29 is 17.9 Å². The summed E-state index contributed by atoms with van der Waals surface area (Å²) in [5.41, 5.74) is -1.01. The molecule has 7 heteroatoms. The molecule has 1 aromatic rings. The Balaban J connectivity index is 2.34. The lowest BCUT2D eigenvalue weighted by Gasteiger charge is -2.19. The van der Waals surface area contributed by atoms with Gasteiger partial charge in [0.05, 0.1) is 15.0 Å². The minimum atomic E-state index is -3.74. The van der Waals surface area contributed by atoms with E-state index < -0.39 is 21.4 Å². The van der Waals surface area contributed by atoms with Crippen LogP contribution in [-0.2, 0) is 10.0 Å². The van der Waals surface area contributed by atoms with Gasteiger partial charge >= 0.3 is 0 Å². The lowest BCUT2D eigenvalue weighted by atomic mass is 10.1. The van der Waals surface area contributed by atoms with E-state index in [0.717, 1.165) is 6.07 Å². The van der Waals surface area contributed by atoms with Gasteiger partial charge in [0.2, 0.25) is 10.0 Å². The van der Waals surface area contributed by atoms with E-state index in [2.05, 4.69) is 15.9 Å². The van der Waals surface area contributed by atoms with Gasteiger partial charge in [-0.15, -0.1) is 0 Å². The van der Waals surface area contributed by atoms with Gasteiger partial charge in [0, 0.05) is 13.1 Å². The summed E-state index contributed by atoms with van der Waals surface area (Å²) in [5, 5.41) is 9.79. The summed E-state index contributed by atoms with van der Waals surface area (Å²) in [6.07, 6.45) is 0.380. The van der Waals surface area contributed by atoms with E-state index >= 15 is 0 Å². The Labute approximate surface area is 114 Å². The Kier molecular flexibility index (Phi) is 3.52. The molecule has 100 valence electrons. The molecule has 18 heavy (non-hydrogen) atoms. The van der Waals surface area contributed by atoms with E-state index in [1.165, 1.54) is 16.4 Å². The molecule has 1 unspecified atom stereocenters. The van der Waals surface area contributed by atoms with Crippen molar-refractivity contribution in [2.24, 2.45) is 0 Å². The maximum Gasteiger partial charge on any atom is 0.243 e. The molecule has 1 fully saturated rings. The number of aliphatic hydroxyl groups is 1. The van der Waals surface area contributed by atoms with Gasteiger partial charge in [-0.3, -0.25) is 0 Å². The van der Waals surface area contributed by atoms with Crippen LogP contribution >= 0.6 is 15.9 Å². The summed E-state index contributed by atoms with van der Waals surface area (Å²) in [4.78, 5) is -0.0964. The summed E-state index contributed by atoms with van der Waals surface area (Å²) >= 11 is 2.97. The van der Waals surface area contributed by atoms with Crippen LogP contribution < -0.4 is 0 Å². The van der Waals surface area contributed by atoms with Crippen molar-refractivity contribution in [2.45, 2.75) is 23.8 Å². The smallest absolute Gasteiger partial charge is 0.243 e. The lowest BCUT2D eigenvalue weighted by molar-refractivity contribution is 0.0762. The van der Waals surface area contributed by atoms with Crippen LogP contribution in [0.25, 0.3) is 0 Å². The molecule has 1 heterocycles. The second kappa shape index (κ2) is 4.56. The molecule has 0 amide bonds. The second-order valence-electron chi connectivity index (χ2n) is 4.66. The van der Waals surface area contributed by atoms with Crippen molar-refractivity contribution in [3.05, 3.63) is 28.5 Å². The third kappa shape index (κ3) is 2.59. The second-order valence-corrected chi connectivity index (χ2v) is 7.45. The molecule has 1 aliphatic rings. The van der Waals surface area contributed by atoms with E-state index in [1.54, 1.807) is 6.92 Å². The average molecular weight is 338 g/mol. The highest BCUT2D eigenvalue weighted by atomic mass is 79.9. The van der Waals surface area contributed by atoms with E-state index in [-0.39, 0.29) is 22.5 Å². The summed E-state index contributed by atoms with van der Waals surface area (Å²) in [6.45, 7) is 1.87. The number of hydrogen-bond donors (Lipinski definition) is 1. The Bertz CT molecular complexity index is 574. The Morgan fingerprint density at radius 2 is 2.17 bits per heavy atom. The Hall–Kier alpha value is -0.500. The first-order chi connectivity index (χ1) is 8.22. The van der Waals surface area contributed by atoms with Crippen LogP contribution in [-0.4, -0.2) is 36.5 Å². The quantitative estimate of drug-likeness (QED) is 0.894. The van der Waals surface area contributed by atoms with Crippen LogP contribution in [0, 0.1) is 5.82 Å². The van der Waals surface area contributed by atoms with Crippen molar-refractivity contribution in [1.29, 1.82) is 0 Å². The molecular weight excluding hydrogens is 325 g/mol. The summed E-state index contributed by atoms with van der Waals surface area (Å²) < 4.78 is 39.2. The van der Waals surface area contributed by atoms with Crippen molar-refractivity contribution >= 4 is 26.0 Å². The molecule has 0 aromatic heterocycles. The first-order valence-corrected chi connectivity index (χ1v) is 7.63. The molecule has 0 saturated carbocycles. The molecule has 1 atom stereocenters. The maximum atomic E-state index is 13.4. The summed E-state index contributed by atoms with van der Waals surface area (Å²) in [5.74, 6) is -0.623. The fourth-order valence-corrected chi connectivity index (χ4v) is 3.71. The number of benzene rings is 1. The van der Waals surface area contributed by atoms with Crippen molar-refractivity contribution in [1.82, 2.24) is 4.31 Å². The van der Waals surface area contributed by atoms with Crippen LogP contribution in [0.4, 0.5) is 4.39 Å². The number of sulfonamides is 1. The van der Waals surface area contributed by atoms with Crippen LogP contribution in [0.3, 0.4) is 0 Å². The Morgan fingerprint density at radius 1 is 1.50 bits per heavy atom. The van der Waals surface area contributed by atoms with Gasteiger partial charge < -0.3 is 5.11 Å². The Morgan fingerprint density at radius 3 is 2.67 bits per heavy atom. The fourth-order valence-electron chi connectivity index (χ4n) is 1.90. The van der Waals surface area contributed by atoms with Gasteiger partial charge in [0.25, 0.3) is 0 Å². The van der Waals surface area contributed by atoms with Crippen molar-refractivity contribution in [2.75, 3.05) is 13.1 Å². The van der Waals surface area contributed by atoms with E-state index in [1.807, 2.05) is 0 Å². The number of halogens is 2. The van der Waals surface area contributed by atoms with Gasteiger partial charge in [0.1, 0.15) is 5.82 Å². The molecule has 1 saturated heterocycles. The minimum Gasteiger partial charge on any atom is -0.389 e. The molecular formula is C11H13BrFNO3S. The molecule has 4 nitrogen and oxygen atoms in total. The molecule has 1 N–H and O–H groups in total. The molecule has 1 aromatic carbocycles. The molecule has 0 radical (unpaired) electrons. The average Bonchev–Trinajstić information content (AvgIpc) is 2.63. The zero-order chi connectivity index (χ0) is 13.6. The number of nitrogens with zero attached hydrogens (tertiary/aromatic N) is 1. The third-order valence-corrected chi connectivity index (χ3v) is 5.43. The zero-order valence-corrected chi connectivity index (χ0v) is 12.1. The van der Waals surface area contributed by atoms with Crippen molar-refractivity contribution in [3.63, 3.8) is 0 Å². The van der Waals surface area contributed by atoms with Gasteiger partial charge in [0.15, 0.2) is 0 Å². The predicted molar refractivity (Wildman–Crippen MR) is 68.1 cm³/mol. The van der Waals surface area contributed by atoms with E-state index in [0.29, 0.717) is 6.42 Å². The van der Waals surface area contributed by atoms with Crippen LogP contribution in [0.15, 0.2) is 27.6 Å². The molecule has 2 rings (SSSR count). The van der Waals surface area contributed by atoms with Crippen LogP contribution in [0.5, 0.6) is 0 Å². The number of β-amino-alcohol motifs (C(OH)–C–C–N with tert-alkyl or cyclic N) is 1. The van der Waals surface area contributed by atoms with Gasteiger partial charge in [-0.25, -0.2) is 12.8 Å². The molecule has 0 aliphatic carbocycles. The third-order valence-electron chi connectivity index (χ3n) is 2.95. The highest BCUT2D eigenvalue weighted by molar-refractivity contribution is 9.10. The minimum absolute atomic E-state index is 0.0347. The van der Waals surface area contributed by atoms with Crippen molar-refractivity contribution in [3.8, 4) is 0 Å². The predicted octanol–water partition coefficient (Wildman–Crippen LogP) is 1.73. The molecule has 0 bridgehead atoms. The number of hydrogen-bond acceptors (Lipinski definition) is 3. The molecule has 1 aliphatic heterocycles. The number of rotatable bonds is 2. The molecule has 0 spiro atoms. The zero-order valence-electron chi connectivity index (χ0n) is 9.73. The highest BCUT2D eigenvalue weighted by Gasteiger charge is 2.38. The van der Waals surface area contributed by atoms with Crippen LogP contribution in [0.2, 0.25) is 0 Å². The largest absolute Gasteiger partial charge is 0.389 e. The topological polar surface area (TPSA) is 57.6 Å². The van der Waals surface area contributed by atoms with E-state index in [9.17, 15) is 17.9 Å². The standard InChI is InChI=1S/C11H13BrFNO3S/c1-11(15)4-5-14(7-11)18(16,17)8-2-3-9(12)10(13)6-8/h2-3,6,15H,4-5,7H2,1H3. The lowest BCUT2D eigenvalue weighted by Crippen LogP contribution is -2.33. The maximum absolute atomic E-state index is 13.4. The first kappa shape index (κ1) is 13.9. The summed E-state index contributed by atoms with van der Waals surface area (Å²) in [7, 11) is -3.74. The first-order valence-electron chi connectivity index (χ1n) is 5.40.